The van der Waals surface area contributed by atoms with Crippen molar-refractivity contribution >= 4 is 5.97 Å². The van der Waals surface area contributed by atoms with Crippen LogP contribution in [-0.2, 0) is 22.6 Å². The van der Waals surface area contributed by atoms with E-state index in [2.05, 4.69) is 4.90 Å². The smallest absolute Gasteiger partial charge is 0.310 e. The number of esters is 1. The summed E-state index contributed by atoms with van der Waals surface area (Å²) in [5.41, 5.74) is 7.56. The highest BCUT2D eigenvalue weighted by molar-refractivity contribution is 5.72. The molecule has 0 aliphatic carbocycles. The Labute approximate surface area is 125 Å². The van der Waals surface area contributed by atoms with Gasteiger partial charge in [-0.1, -0.05) is 6.07 Å². The molecule has 116 valence electrons. The zero-order valence-electron chi connectivity index (χ0n) is 12.5. The molecule has 4 nitrogen and oxygen atoms in total. The molecular weight excluding hydrogens is 271 g/mol. The van der Waals surface area contributed by atoms with E-state index in [-0.39, 0.29) is 17.7 Å². The number of piperidine rings is 1. The van der Waals surface area contributed by atoms with Gasteiger partial charge in [-0.15, -0.1) is 0 Å². The molecule has 0 spiro atoms. The Bertz CT molecular complexity index is 493. The molecule has 1 heterocycles. The maximum atomic E-state index is 13.4. The molecule has 21 heavy (non-hydrogen) atoms. The van der Waals surface area contributed by atoms with Crippen molar-refractivity contribution in [3.63, 3.8) is 0 Å². The van der Waals surface area contributed by atoms with Gasteiger partial charge in [-0.05, 0) is 49.6 Å². The number of carbonyl (C=O) groups is 1. The first-order chi connectivity index (χ1) is 10.1. The van der Waals surface area contributed by atoms with E-state index < -0.39 is 0 Å². The number of ether oxygens (including phenoxy) is 1. The Kier molecular flexibility index (Phi) is 5.70. The fraction of sp³-hybridized carbons (Fsp3) is 0.562. The van der Waals surface area contributed by atoms with E-state index in [1.807, 2.05) is 6.92 Å². The van der Waals surface area contributed by atoms with Crippen LogP contribution in [0.1, 0.15) is 30.9 Å². The maximum absolute atomic E-state index is 13.4. The summed E-state index contributed by atoms with van der Waals surface area (Å²) in [6.45, 7) is 4.83. The van der Waals surface area contributed by atoms with Gasteiger partial charge in [0.05, 0.1) is 12.5 Å². The van der Waals surface area contributed by atoms with Crippen LogP contribution in [0.3, 0.4) is 0 Å². The summed E-state index contributed by atoms with van der Waals surface area (Å²) in [7, 11) is 0. The van der Waals surface area contributed by atoms with Crippen LogP contribution in [0, 0.1) is 11.7 Å². The van der Waals surface area contributed by atoms with Gasteiger partial charge in [0, 0.05) is 19.6 Å². The number of benzene rings is 1. The van der Waals surface area contributed by atoms with Gasteiger partial charge in [0.1, 0.15) is 5.82 Å². The Morgan fingerprint density at radius 2 is 2.29 bits per heavy atom. The van der Waals surface area contributed by atoms with Gasteiger partial charge in [-0.2, -0.15) is 0 Å². The van der Waals surface area contributed by atoms with Crippen LogP contribution in [-0.4, -0.2) is 30.6 Å². The van der Waals surface area contributed by atoms with Crippen molar-refractivity contribution in [1.82, 2.24) is 4.90 Å². The van der Waals surface area contributed by atoms with Crippen LogP contribution in [0.25, 0.3) is 0 Å². The minimum Gasteiger partial charge on any atom is -0.466 e. The summed E-state index contributed by atoms with van der Waals surface area (Å²) < 4.78 is 18.5. The second kappa shape index (κ2) is 7.52. The third-order valence-corrected chi connectivity index (χ3v) is 3.91. The van der Waals surface area contributed by atoms with Crippen molar-refractivity contribution in [3.8, 4) is 0 Å². The fourth-order valence-electron chi connectivity index (χ4n) is 2.83. The van der Waals surface area contributed by atoms with Crippen molar-refractivity contribution in [2.75, 3.05) is 19.7 Å². The number of hydrogen-bond donors (Lipinski definition) is 1. The predicted molar refractivity (Wildman–Crippen MR) is 78.9 cm³/mol. The lowest BCUT2D eigenvalue weighted by Crippen LogP contribution is -2.39. The van der Waals surface area contributed by atoms with Gasteiger partial charge in [-0.3, -0.25) is 9.69 Å². The van der Waals surface area contributed by atoms with Gasteiger partial charge in [0.15, 0.2) is 0 Å². The van der Waals surface area contributed by atoms with Crippen LogP contribution in [0.15, 0.2) is 18.2 Å². The highest BCUT2D eigenvalue weighted by Gasteiger charge is 2.27. The third-order valence-electron chi connectivity index (χ3n) is 3.91. The summed E-state index contributed by atoms with van der Waals surface area (Å²) in [6, 6.07) is 4.71. The van der Waals surface area contributed by atoms with E-state index in [0.717, 1.165) is 30.5 Å². The molecule has 2 rings (SSSR count). The Balaban J connectivity index is 2.02. The summed E-state index contributed by atoms with van der Waals surface area (Å²) in [6.07, 6.45) is 1.82. The highest BCUT2D eigenvalue weighted by atomic mass is 19.1. The summed E-state index contributed by atoms with van der Waals surface area (Å²) in [5.74, 6) is -0.449. The van der Waals surface area contributed by atoms with Crippen molar-refractivity contribution in [2.24, 2.45) is 11.7 Å². The normalized spacial score (nSPS) is 19.5. The van der Waals surface area contributed by atoms with Crippen molar-refractivity contribution in [2.45, 2.75) is 32.9 Å². The first kappa shape index (κ1) is 15.9. The minimum absolute atomic E-state index is 0.0754. The number of hydrogen-bond acceptors (Lipinski definition) is 4. The molecule has 0 saturated carbocycles. The average molecular weight is 294 g/mol. The molecule has 1 saturated heterocycles. The Morgan fingerprint density at radius 1 is 1.48 bits per heavy atom. The number of nitrogens with two attached hydrogens (primary N) is 1. The minimum atomic E-state index is -0.249. The Morgan fingerprint density at radius 3 is 3.00 bits per heavy atom. The van der Waals surface area contributed by atoms with E-state index in [0.29, 0.717) is 26.2 Å². The third kappa shape index (κ3) is 4.25. The predicted octanol–water partition coefficient (Wildman–Crippen LogP) is 2.06. The van der Waals surface area contributed by atoms with Crippen molar-refractivity contribution < 1.29 is 13.9 Å². The second-order valence-corrected chi connectivity index (χ2v) is 5.44. The van der Waals surface area contributed by atoms with Gasteiger partial charge >= 0.3 is 5.97 Å². The molecule has 0 radical (unpaired) electrons. The molecular formula is C16H23FN2O2. The molecule has 1 aromatic carbocycles. The molecule has 2 N–H and O–H groups in total. The molecule has 5 heteroatoms. The number of nitrogens with zero attached hydrogens (tertiary/aromatic N) is 1. The monoisotopic (exact) mass is 294 g/mol. The second-order valence-electron chi connectivity index (χ2n) is 5.44. The van der Waals surface area contributed by atoms with E-state index in [1.165, 1.54) is 12.1 Å². The first-order valence-corrected chi connectivity index (χ1v) is 7.50. The lowest BCUT2D eigenvalue weighted by atomic mass is 9.97. The van der Waals surface area contributed by atoms with E-state index in [9.17, 15) is 9.18 Å². The zero-order valence-corrected chi connectivity index (χ0v) is 12.5. The molecule has 0 bridgehead atoms. The highest BCUT2D eigenvalue weighted by Crippen LogP contribution is 2.21. The maximum Gasteiger partial charge on any atom is 0.310 e. The largest absolute Gasteiger partial charge is 0.466 e. The molecule has 1 fully saturated rings. The standard InChI is InChI=1S/C16H23FN2O2/c1-2-21-16(20)13-4-3-7-19(10-13)11-14-8-15(17)6-5-12(14)9-18/h5-6,8,13H,2-4,7,9-11,18H2,1H3. The first-order valence-electron chi connectivity index (χ1n) is 7.50. The molecule has 1 aliphatic rings. The average Bonchev–Trinajstić information content (AvgIpc) is 2.48. The van der Waals surface area contributed by atoms with Crippen molar-refractivity contribution in [1.29, 1.82) is 0 Å². The molecule has 1 atom stereocenters. The summed E-state index contributed by atoms with van der Waals surface area (Å²) >= 11 is 0. The lowest BCUT2D eigenvalue weighted by molar-refractivity contribution is -0.150. The Hall–Kier alpha value is -1.46. The van der Waals surface area contributed by atoms with Gasteiger partial charge in [0.2, 0.25) is 0 Å². The summed E-state index contributed by atoms with van der Waals surface area (Å²) in [4.78, 5) is 14.0. The number of halogens is 1. The molecule has 1 unspecified atom stereocenters. The van der Waals surface area contributed by atoms with E-state index in [1.54, 1.807) is 6.07 Å². The van der Waals surface area contributed by atoms with Crippen LogP contribution in [0.4, 0.5) is 4.39 Å². The van der Waals surface area contributed by atoms with Crippen LogP contribution >= 0.6 is 0 Å². The molecule has 0 amide bonds. The van der Waals surface area contributed by atoms with Crippen LogP contribution < -0.4 is 5.73 Å². The van der Waals surface area contributed by atoms with Gasteiger partial charge < -0.3 is 10.5 Å². The fourth-order valence-corrected chi connectivity index (χ4v) is 2.83. The lowest BCUT2D eigenvalue weighted by Gasteiger charge is -2.31. The number of carbonyl (C=O) groups excluding carboxylic acids is 1. The van der Waals surface area contributed by atoms with Crippen LogP contribution in [0.5, 0.6) is 0 Å². The van der Waals surface area contributed by atoms with Gasteiger partial charge in [0.25, 0.3) is 0 Å². The summed E-state index contributed by atoms with van der Waals surface area (Å²) in [5, 5.41) is 0. The molecule has 1 aliphatic heterocycles. The number of rotatable bonds is 5. The van der Waals surface area contributed by atoms with Crippen LogP contribution in [0.2, 0.25) is 0 Å². The number of likely N-dealkylation sites (tertiary alicyclic amines) is 1. The molecule has 1 aromatic rings. The van der Waals surface area contributed by atoms with Crippen molar-refractivity contribution in [3.05, 3.63) is 35.1 Å². The zero-order chi connectivity index (χ0) is 15.2. The van der Waals surface area contributed by atoms with E-state index >= 15 is 0 Å². The van der Waals surface area contributed by atoms with Gasteiger partial charge in [-0.25, -0.2) is 4.39 Å². The SMILES string of the molecule is CCOC(=O)C1CCCN(Cc2cc(F)ccc2CN)C1. The topological polar surface area (TPSA) is 55.6 Å². The van der Waals surface area contributed by atoms with E-state index in [4.69, 9.17) is 10.5 Å². The quantitative estimate of drug-likeness (QED) is 0.845. The molecule has 0 aromatic heterocycles.